The molecule has 0 radical (unpaired) electrons. The van der Waals surface area contributed by atoms with Crippen molar-refractivity contribution in [2.24, 2.45) is 0 Å². The number of halogens is 3. The standard InChI is InChI=1S/C29H37I3N4O12/c1-35(6-12(40)8-37)27(45)18-20(30)17(21(31)19(22(18)32)28(46)36(2)7-13(41)9-38)11-3-4-14(15(33)5-11)26(44)34-23-25(43)24(42)16(10-39)48-29(23)47/h3-5,12-13,16,23-25,29,37-43,47H,6-10,33H2,1-2H3,(H,34,44)/t12?,13?,16-,23-,24-,25-,29-/m1/s1. The second-order valence-electron chi connectivity index (χ2n) is 11.1. The van der Waals surface area contributed by atoms with Gasteiger partial charge in [0.05, 0.1) is 48.7 Å². The molecular weight excluding hydrogens is 977 g/mol. The first-order valence-electron chi connectivity index (χ1n) is 14.3. The minimum atomic E-state index is -1.75. The van der Waals surface area contributed by atoms with E-state index in [-0.39, 0.29) is 39.0 Å². The predicted molar refractivity (Wildman–Crippen MR) is 196 cm³/mol. The number of nitrogens with one attached hydrogen (secondary N) is 1. The van der Waals surface area contributed by atoms with Gasteiger partial charge in [-0.05, 0) is 85.5 Å². The Hall–Kier alpha value is -1.52. The van der Waals surface area contributed by atoms with Crippen LogP contribution in [0.1, 0.15) is 31.1 Å². The molecule has 266 valence electrons. The van der Waals surface area contributed by atoms with Gasteiger partial charge in [0.25, 0.3) is 17.7 Å². The highest BCUT2D eigenvalue weighted by atomic mass is 127. The number of carbonyl (C=O) groups excluding carboxylic acids is 3. The number of aliphatic hydroxyl groups excluding tert-OH is 8. The molecule has 48 heavy (non-hydrogen) atoms. The van der Waals surface area contributed by atoms with Crippen LogP contribution >= 0.6 is 67.8 Å². The molecule has 2 unspecified atom stereocenters. The van der Waals surface area contributed by atoms with E-state index in [0.29, 0.717) is 18.3 Å². The number of nitrogens with zero attached hydrogens (tertiary/aromatic N) is 2. The van der Waals surface area contributed by atoms with Crippen molar-refractivity contribution in [3.8, 4) is 11.1 Å². The molecule has 1 aliphatic heterocycles. The molecule has 0 saturated carbocycles. The number of hydrogen-bond acceptors (Lipinski definition) is 13. The Bertz CT molecular complexity index is 1460. The number of benzene rings is 2. The normalized spacial score (nSPS) is 22.1. The molecule has 3 amide bonds. The summed E-state index contributed by atoms with van der Waals surface area (Å²) in [6.07, 6.45) is -8.72. The molecule has 1 aliphatic rings. The van der Waals surface area contributed by atoms with E-state index in [1.165, 1.54) is 42.1 Å². The summed E-state index contributed by atoms with van der Waals surface area (Å²) < 4.78 is 6.18. The van der Waals surface area contributed by atoms with Crippen LogP contribution in [0, 0.1) is 10.7 Å². The summed E-state index contributed by atoms with van der Waals surface area (Å²) >= 11 is 5.79. The molecule has 16 nitrogen and oxygen atoms in total. The maximum absolute atomic E-state index is 13.8. The number of anilines is 1. The first-order chi connectivity index (χ1) is 22.5. The molecule has 0 aliphatic carbocycles. The Kier molecular flexibility index (Phi) is 15.0. The number of nitrogens with two attached hydrogens (primary N) is 1. The molecule has 7 atom stereocenters. The number of amides is 3. The van der Waals surface area contributed by atoms with Gasteiger partial charge < -0.3 is 66.4 Å². The molecule has 11 N–H and O–H groups in total. The zero-order chi connectivity index (χ0) is 36.2. The average molecular weight is 1010 g/mol. The summed E-state index contributed by atoms with van der Waals surface area (Å²) in [4.78, 5) is 43.1. The number of ether oxygens (including phenoxy) is 1. The van der Waals surface area contributed by atoms with Crippen molar-refractivity contribution in [2.75, 3.05) is 52.7 Å². The largest absolute Gasteiger partial charge is 0.398 e. The van der Waals surface area contributed by atoms with Crippen LogP contribution in [-0.4, -0.2) is 158 Å². The van der Waals surface area contributed by atoms with Crippen molar-refractivity contribution >= 4 is 91.2 Å². The van der Waals surface area contributed by atoms with E-state index in [0.717, 1.165) is 0 Å². The highest BCUT2D eigenvalue weighted by Crippen LogP contribution is 2.40. The lowest BCUT2D eigenvalue weighted by Gasteiger charge is -2.40. The summed E-state index contributed by atoms with van der Waals surface area (Å²) in [5.41, 5.74) is 7.20. The fourth-order valence-corrected chi connectivity index (χ4v) is 9.71. The van der Waals surface area contributed by atoms with Gasteiger partial charge in [0.1, 0.15) is 24.4 Å². The Labute approximate surface area is 316 Å². The Morgan fingerprint density at radius 3 is 1.81 bits per heavy atom. The molecular formula is C29H37I3N4O12. The van der Waals surface area contributed by atoms with Gasteiger partial charge in [-0.2, -0.15) is 0 Å². The van der Waals surface area contributed by atoms with E-state index in [4.69, 9.17) is 10.5 Å². The third kappa shape index (κ3) is 8.85. The molecule has 1 fully saturated rings. The highest BCUT2D eigenvalue weighted by Gasteiger charge is 2.44. The van der Waals surface area contributed by atoms with Gasteiger partial charge in [-0.3, -0.25) is 14.4 Å². The minimum absolute atomic E-state index is 0.0586. The smallest absolute Gasteiger partial charge is 0.255 e. The number of aliphatic hydroxyl groups is 8. The number of carbonyl (C=O) groups is 3. The van der Waals surface area contributed by atoms with Crippen LogP contribution < -0.4 is 11.1 Å². The molecule has 2 aromatic carbocycles. The molecule has 19 heteroatoms. The maximum atomic E-state index is 13.8. The zero-order valence-corrected chi connectivity index (χ0v) is 32.1. The first kappa shape index (κ1) is 40.9. The SMILES string of the molecule is CN(CC(O)CO)C(=O)c1c(I)c(C(=O)N(C)CC(O)CO)c(I)c(-c2ccc(C(=O)N[C@@H]3[C@@H](O)[C@H](O)[C@@H](CO)O[C@H]3O)c(N)c2)c1I. The van der Waals surface area contributed by atoms with Crippen molar-refractivity contribution in [2.45, 2.75) is 42.9 Å². The van der Waals surface area contributed by atoms with E-state index >= 15 is 0 Å². The molecule has 0 aromatic heterocycles. The van der Waals surface area contributed by atoms with E-state index in [9.17, 15) is 55.2 Å². The summed E-state index contributed by atoms with van der Waals surface area (Å²) in [6.45, 7) is -2.26. The van der Waals surface area contributed by atoms with Crippen LogP contribution in [0.4, 0.5) is 5.69 Å². The Morgan fingerprint density at radius 1 is 0.875 bits per heavy atom. The Morgan fingerprint density at radius 2 is 1.38 bits per heavy atom. The van der Waals surface area contributed by atoms with Crippen LogP contribution in [0.3, 0.4) is 0 Å². The van der Waals surface area contributed by atoms with Gasteiger partial charge in [-0.25, -0.2) is 0 Å². The monoisotopic (exact) mass is 1010 g/mol. The third-order valence-corrected chi connectivity index (χ3v) is 10.8. The van der Waals surface area contributed by atoms with Crippen LogP contribution in [-0.2, 0) is 4.74 Å². The average Bonchev–Trinajstić information content (AvgIpc) is 3.04. The summed E-state index contributed by atoms with van der Waals surface area (Å²) in [6, 6.07) is 2.84. The van der Waals surface area contributed by atoms with E-state index in [1.54, 1.807) is 0 Å². The van der Waals surface area contributed by atoms with E-state index in [2.05, 4.69) is 5.32 Å². The summed E-state index contributed by atoms with van der Waals surface area (Å²) in [5, 5.41) is 81.1. The summed E-state index contributed by atoms with van der Waals surface area (Å²) in [5.74, 6) is -1.96. The number of hydrogen-bond donors (Lipinski definition) is 10. The topological polar surface area (TPSA) is 267 Å². The number of rotatable bonds is 12. The van der Waals surface area contributed by atoms with Gasteiger partial charge in [0.15, 0.2) is 6.29 Å². The lowest BCUT2D eigenvalue weighted by molar-refractivity contribution is -0.252. The second-order valence-corrected chi connectivity index (χ2v) is 14.4. The number of likely N-dealkylation sites (N-methyl/N-ethyl adjacent to an activating group) is 2. The van der Waals surface area contributed by atoms with Crippen molar-refractivity contribution in [1.29, 1.82) is 0 Å². The van der Waals surface area contributed by atoms with Crippen LogP contribution in [0.25, 0.3) is 11.1 Å². The molecule has 0 bridgehead atoms. The van der Waals surface area contributed by atoms with Gasteiger partial charge >= 0.3 is 0 Å². The fourth-order valence-electron chi connectivity index (χ4n) is 5.00. The molecule has 1 heterocycles. The van der Waals surface area contributed by atoms with Crippen molar-refractivity contribution < 1.29 is 60.0 Å². The quantitative estimate of drug-likeness (QED) is 0.0827. The van der Waals surface area contributed by atoms with Gasteiger partial charge in [-0.1, -0.05) is 6.07 Å². The maximum Gasteiger partial charge on any atom is 0.255 e. The molecule has 2 aromatic rings. The number of nitrogen functional groups attached to an aromatic ring is 1. The van der Waals surface area contributed by atoms with E-state index < -0.39 is 80.4 Å². The van der Waals surface area contributed by atoms with E-state index in [1.807, 2.05) is 67.8 Å². The van der Waals surface area contributed by atoms with Crippen LogP contribution in [0.5, 0.6) is 0 Å². The van der Waals surface area contributed by atoms with Crippen molar-refractivity contribution in [3.05, 3.63) is 45.6 Å². The highest BCUT2D eigenvalue weighted by molar-refractivity contribution is 14.1. The molecule has 0 spiro atoms. The van der Waals surface area contributed by atoms with Crippen LogP contribution in [0.15, 0.2) is 18.2 Å². The second kappa shape index (κ2) is 17.6. The summed E-state index contributed by atoms with van der Waals surface area (Å²) in [7, 11) is 2.85. The van der Waals surface area contributed by atoms with Gasteiger partial charge in [0, 0.05) is 49.1 Å². The lowest BCUT2D eigenvalue weighted by atomic mass is 9.95. The van der Waals surface area contributed by atoms with Gasteiger partial charge in [-0.15, -0.1) is 0 Å². The zero-order valence-electron chi connectivity index (χ0n) is 25.6. The fraction of sp³-hybridized carbons (Fsp3) is 0.483. The molecule has 3 rings (SSSR count). The minimum Gasteiger partial charge on any atom is -0.398 e. The predicted octanol–water partition coefficient (Wildman–Crippen LogP) is -1.87. The first-order valence-corrected chi connectivity index (χ1v) is 17.5. The van der Waals surface area contributed by atoms with Crippen molar-refractivity contribution in [1.82, 2.24) is 15.1 Å². The third-order valence-electron chi connectivity index (χ3n) is 7.61. The van der Waals surface area contributed by atoms with Crippen LogP contribution in [0.2, 0.25) is 0 Å². The lowest BCUT2D eigenvalue weighted by Crippen LogP contribution is -2.64. The molecule has 1 saturated heterocycles. The van der Waals surface area contributed by atoms with Crippen molar-refractivity contribution in [3.63, 3.8) is 0 Å². The van der Waals surface area contributed by atoms with Gasteiger partial charge in [0.2, 0.25) is 0 Å². The Balaban J connectivity index is 2.12.